The second-order valence-corrected chi connectivity index (χ2v) is 5.11. The van der Waals surface area contributed by atoms with E-state index < -0.39 is 12.0 Å². The molecule has 1 atom stereocenters. The van der Waals surface area contributed by atoms with Crippen molar-refractivity contribution in [3.8, 4) is 0 Å². The molecule has 0 aliphatic carbocycles. The number of nitrogens with zero attached hydrogens (tertiary/aromatic N) is 2. The molecule has 5 nitrogen and oxygen atoms in total. The lowest BCUT2D eigenvalue weighted by atomic mass is 9.95. The Bertz CT molecular complexity index is 311. The van der Waals surface area contributed by atoms with Gasteiger partial charge in [0.2, 0.25) is 5.91 Å². The Morgan fingerprint density at radius 3 is 2.35 bits per heavy atom. The molecule has 0 aromatic rings. The van der Waals surface area contributed by atoms with Crippen molar-refractivity contribution in [3.63, 3.8) is 0 Å². The van der Waals surface area contributed by atoms with E-state index in [0.29, 0.717) is 13.0 Å². The predicted molar refractivity (Wildman–Crippen MR) is 62.6 cm³/mol. The number of carbonyl (C=O) groups is 2. The third-order valence-corrected chi connectivity index (χ3v) is 3.89. The quantitative estimate of drug-likeness (QED) is 0.759. The molecule has 17 heavy (non-hydrogen) atoms. The summed E-state index contributed by atoms with van der Waals surface area (Å²) in [5.74, 6) is -0.766. The summed E-state index contributed by atoms with van der Waals surface area (Å²) in [6.07, 6.45) is 3.14. The summed E-state index contributed by atoms with van der Waals surface area (Å²) in [5.41, 5.74) is 0. The highest BCUT2D eigenvalue weighted by Crippen LogP contribution is 2.24. The van der Waals surface area contributed by atoms with Crippen molar-refractivity contribution in [2.45, 2.75) is 31.7 Å². The molecule has 0 bridgehead atoms. The fraction of sp³-hybridized carbons (Fsp3) is 0.833. The lowest BCUT2D eigenvalue weighted by molar-refractivity contribution is -0.150. The zero-order valence-electron chi connectivity index (χ0n) is 10.3. The molecule has 1 amide bonds. The minimum Gasteiger partial charge on any atom is -0.480 e. The highest BCUT2D eigenvalue weighted by molar-refractivity contribution is 5.85. The van der Waals surface area contributed by atoms with Crippen molar-refractivity contribution >= 4 is 11.9 Å². The van der Waals surface area contributed by atoms with Gasteiger partial charge in [-0.2, -0.15) is 0 Å². The number of piperidine rings is 1. The van der Waals surface area contributed by atoms with Crippen molar-refractivity contribution < 1.29 is 14.7 Å². The molecule has 0 aromatic heterocycles. The van der Waals surface area contributed by atoms with Gasteiger partial charge in [0.05, 0.1) is 0 Å². The van der Waals surface area contributed by atoms with Crippen LogP contribution in [0.4, 0.5) is 0 Å². The number of carbonyl (C=O) groups excluding carboxylic acids is 1. The number of likely N-dealkylation sites (tertiary alicyclic amines) is 2. The summed E-state index contributed by atoms with van der Waals surface area (Å²) >= 11 is 0. The van der Waals surface area contributed by atoms with Crippen LogP contribution in [-0.4, -0.2) is 59.5 Å². The van der Waals surface area contributed by atoms with Gasteiger partial charge in [0.25, 0.3) is 0 Å². The number of amides is 1. The van der Waals surface area contributed by atoms with E-state index >= 15 is 0 Å². The Morgan fingerprint density at radius 2 is 1.76 bits per heavy atom. The molecule has 2 fully saturated rings. The fourth-order valence-electron chi connectivity index (χ4n) is 2.78. The van der Waals surface area contributed by atoms with Crippen LogP contribution in [0.2, 0.25) is 0 Å². The number of carboxylic acids is 1. The zero-order chi connectivity index (χ0) is 12.4. The minimum absolute atomic E-state index is 0.0335. The molecule has 96 valence electrons. The molecule has 0 saturated carbocycles. The van der Waals surface area contributed by atoms with Crippen LogP contribution in [0.25, 0.3) is 0 Å². The molecule has 2 heterocycles. The molecule has 1 N–H and O–H groups in total. The van der Waals surface area contributed by atoms with Gasteiger partial charge in [0.1, 0.15) is 6.04 Å². The Hall–Kier alpha value is -1.10. The van der Waals surface area contributed by atoms with E-state index in [-0.39, 0.29) is 11.8 Å². The van der Waals surface area contributed by atoms with Gasteiger partial charge >= 0.3 is 5.97 Å². The number of hydrogen-bond acceptors (Lipinski definition) is 3. The second-order valence-electron chi connectivity index (χ2n) is 5.11. The first-order valence-electron chi connectivity index (χ1n) is 6.31. The largest absolute Gasteiger partial charge is 0.480 e. The van der Waals surface area contributed by atoms with Crippen molar-refractivity contribution in [1.82, 2.24) is 9.80 Å². The summed E-state index contributed by atoms with van der Waals surface area (Å²) < 4.78 is 0. The molecular formula is C12H20N2O3. The standard InChI is InChI=1S/C12H20N2O3/c1-13-7-4-9(5-8-13)11(15)14-6-2-3-10(14)12(16)17/h9-10H,2-8H2,1H3,(H,16,17)/t10-/m0/s1. The highest BCUT2D eigenvalue weighted by atomic mass is 16.4. The van der Waals surface area contributed by atoms with E-state index in [9.17, 15) is 9.59 Å². The van der Waals surface area contributed by atoms with Gasteiger partial charge in [0, 0.05) is 12.5 Å². The lowest BCUT2D eigenvalue weighted by Crippen LogP contribution is -2.46. The van der Waals surface area contributed by atoms with Crippen LogP contribution in [-0.2, 0) is 9.59 Å². The normalized spacial score (nSPS) is 27.4. The fourth-order valence-corrected chi connectivity index (χ4v) is 2.78. The van der Waals surface area contributed by atoms with E-state index in [1.165, 1.54) is 0 Å². The van der Waals surface area contributed by atoms with Gasteiger partial charge < -0.3 is 14.9 Å². The van der Waals surface area contributed by atoms with Gasteiger partial charge in [0.15, 0.2) is 0 Å². The van der Waals surface area contributed by atoms with Crippen LogP contribution >= 0.6 is 0 Å². The third kappa shape index (κ3) is 2.60. The van der Waals surface area contributed by atoms with Gasteiger partial charge in [-0.05, 0) is 45.8 Å². The van der Waals surface area contributed by atoms with E-state index in [4.69, 9.17) is 5.11 Å². The number of rotatable bonds is 2. The second kappa shape index (κ2) is 5.04. The first-order chi connectivity index (χ1) is 8.09. The molecule has 0 spiro atoms. The van der Waals surface area contributed by atoms with Crippen molar-refractivity contribution in [3.05, 3.63) is 0 Å². The summed E-state index contributed by atoms with van der Waals surface area (Å²) in [5, 5.41) is 9.07. The van der Waals surface area contributed by atoms with Gasteiger partial charge in [-0.25, -0.2) is 4.79 Å². The average molecular weight is 240 g/mol. The SMILES string of the molecule is CN1CCC(C(=O)N2CCC[C@H]2C(=O)O)CC1. The van der Waals surface area contributed by atoms with Crippen LogP contribution in [0.5, 0.6) is 0 Å². The van der Waals surface area contributed by atoms with Crippen molar-refractivity contribution in [2.24, 2.45) is 5.92 Å². The number of hydrogen-bond donors (Lipinski definition) is 1. The molecule has 2 aliphatic heterocycles. The molecule has 2 aliphatic rings. The highest BCUT2D eigenvalue weighted by Gasteiger charge is 2.37. The van der Waals surface area contributed by atoms with Crippen molar-refractivity contribution in [2.75, 3.05) is 26.7 Å². The van der Waals surface area contributed by atoms with Gasteiger partial charge in [-0.3, -0.25) is 4.79 Å². The summed E-state index contributed by atoms with van der Waals surface area (Å²) in [4.78, 5) is 27.1. The molecule has 2 saturated heterocycles. The van der Waals surface area contributed by atoms with Crippen LogP contribution in [0.1, 0.15) is 25.7 Å². The molecule has 0 unspecified atom stereocenters. The predicted octanol–water partition coefficient (Wildman–Crippen LogP) is 0.404. The summed E-state index contributed by atoms with van der Waals surface area (Å²) in [6.45, 7) is 2.48. The zero-order valence-corrected chi connectivity index (χ0v) is 10.3. The van der Waals surface area contributed by atoms with E-state index in [1.54, 1.807) is 4.90 Å². The molecule has 2 rings (SSSR count). The Balaban J connectivity index is 1.97. The van der Waals surface area contributed by atoms with E-state index in [1.807, 2.05) is 0 Å². The van der Waals surface area contributed by atoms with E-state index in [0.717, 1.165) is 32.4 Å². The lowest BCUT2D eigenvalue weighted by Gasteiger charge is -2.32. The number of aliphatic carboxylic acids is 1. The third-order valence-electron chi connectivity index (χ3n) is 3.89. The Morgan fingerprint density at radius 1 is 1.12 bits per heavy atom. The molecule has 5 heteroatoms. The monoisotopic (exact) mass is 240 g/mol. The van der Waals surface area contributed by atoms with E-state index in [2.05, 4.69) is 11.9 Å². The first kappa shape index (κ1) is 12.4. The maximum absolute atomic E-state index is 12.3. The first-order valence-corrected chi connectivity index (χ1v) is 6.31. The maximum atomic E-state index is 12.3. The topological polar surface area (TPSA) is 60.9 Å². The van der Waals surface area contributed by atoms with Crippen LogP contribution in [0, 0.1) is 5.92 Å². The number of carboxylic acid groups (broad SMARTS) is 1. The van der Waals surface area contributed by atoms with Crippen LogP contribution < -0.4 is 0 Å². The average Bonchev–Trinajstić information content (AvgIpc) is 2.78. The Labute approximate surface area is 101 Å². The Kier molecular flexibility index (Phi) is 3.66. The summed E-state index contributed by atoms with van der Waals surface area (Å²) in [6, 6.07) is -0.581. The van der Waals surface area contributed by atoms with Gasteiger partial charge in [-0.1, -0.05) is 0 Å². The van der Waals surface area contributed by atoms with Crippen LogP contribution in [0.3, 0.4) is 0 Å². The molecular weight excluding hydrogens is 220 g/mol. The molecule has 0 radical (unpaired) electrons. The smallest absolute Gasteiger partial charge is 0.326 e. The summed E-state index contributed by atoms with van der Waals surface area (Å²) in [7, 11) is 2.05. The van der Waals surface area contributed by atoms with Gasteiger partial charge in [-0.15, -0.1) is 0 Å². The van der Waals surface area contributed by atoms with Crippen LogP contribution in [0.15, 0.2) is 0 Å². The minimum atomic E-state index is -0.858. The maximum Gasteiger partial charge on any atom is 0.326 e. The van der Waals surface area contributed by atoms with Crippen molar-refractivity contribution in [1.29, 1.82) is 0 Å². The molecule has 0 aromatic carbocycles.